The molecule has 0 aliphatic carbocycles. The third-order valence-electron chi connectivity index (χ3n) is 13.2. The van der Waals surface area contributed by atoms with Gasteiger partial charge in [-0.1, -0.05) is 127 Å². The van der Waals surface area contributed by atoms with Crippen molar-refractivity contribution in [3.63, 3.8) is 0 Å². The Morgan fingerprint density at radius 2 is 0.915 bits per heavy atom. The van der Waals surface area contributed by atoms with Gasteiger partial charge < -0.3 is 4.57 Å². The van der Waals surface area contributed by atoms with E-state index in [9.17, 15) is 0 Å². The molecule has 0 amide bonds. The van der Waals surface area contributed by atoms with Gasteiger partial charge in [0, 0.05) is 54.3 Å². The van der Waals surface area contributed by atoms with Crippen LogP contribution < -0.4 is 0 Å². The van der Waals surface area contributed by atoms with Crippen LogP contribution in [0.2, 0.25) is 0 Å². The number of nitrogens with zero attached hydrogens (tertiary/aromatic N) is 5. The van der Waals surface area contributed by atoms with Crippen LogP contribution in [0.3, 0.4) is 0 Å². The fourth-order valence-corrected chi connectivity index (χ4v) is 10.9. The predicted molar refractivity (Wildman–Crippen MR) is 246 cm³/mol. The summed E-state index contributed by atoms with van der Waals surface area (Å²) in [6.07, 6.45) is 0. The number of hydrogen-bond acceptors (Lipinski definition) is 2. The molecular weight excluding hydrogens is 719 g/mol. The highest BCUT2D eigenvalue weighted by atomic mass is 15.1. The summed E-state index contributed by atoms with van der Waals surface area (Å²) in [4.78, 5) is 11.4. The maximum Gasteiger partial charge on any atom is 0.165 e. The first-order valence-electron chi connectivity index (χ1n) is 20.3. The number of fused-ring (bicyclic) bond motifs is 19. The van der Waals surface area contributed by atoms with E-state index in [2.05, 4.69) is 189 Å². The van der Waals surface area contributed by atoms with Crippen LogP contribution in [-0.2, 0) is 0 Å². The number of hydrogen-bond donors (Lipinski definition) is 0. The topological polar surface area (TPSA) is 39.5 Å². The van der Waals surface area contributed by atoms with Gasteiger partial charge in [0.1, 0.15) is 11.0 Å². The molecular formula is C54H29N5. The van der Waals surface area contributed by atoms with Crippen LogP contribution in [-0.4, -0.2) is 23.3 Å². The molecule has 9 aromatic carbocycles. The molecule has 0 saturated carbocycles. The lowest BCUT2D eigenvalue weighted by Gasteiger charge is -2.11. The molecule has 0 aliphatic rings. The maximum absolute atomic E-state index is 5.72. The monoisotopic (exact) mass is 747 g/mol. The second-order valence-corrected chi connectivity index (χ2v) is 16.1. The van der Waals surface area contributed by atoms with Crippen LogP contribution in [0.25, 0.3) is 137 Å². The molecule has 15 aromatic rings. The largest absolute Gasteiger partial charge is 0.309 e. The van der Waals surface area contributed by atoms with Crippen LogP contribution in [0, 0.1) is 0 Å². The summed E-state index contributed by atoms with van der Waals surface area (Å²) in [5.41, 5.74) is 14.2. The SMILES string of the molecule is c1ccc(-n2c3ccccc3c3cc(-c4cc5ccccc5c5c6c7ccccc7cc7c8nc9c(nc8n(c45)c76)c4cccc5c6ccccc6n9c54)ccc32)cc1. The molecule has 15 rings (SSSR count). The van der Waals surface area contributed by atoms with Crippen molar-refractivity contribution in [1.82, 2.24) is 23.3 Å². The maximum atomic E-state index is 5.72. The highest BCUT2D eigenvalue weighted by molar-refractivity contribution is 6.37. The van der Waals surface area contributed by atoms with Gasteiger partial charge in [-0.25, -0.2) is 9.97 Å². The molecule has 0 fully saturated rings. The second kappa shape index (κ2) is 10.5. The smallest absolute Gasteiger partial charge is 0.165 e. The van der Waals surface area contributed by atoms with Gasteiger partial charge in [0.2, 0.25) is 0 Å². The second-order valence-electron chi connectivity index (χ2n) is 16.1. The van der Waals surface area contributed by atoms with Gasteiger partial charge in [-0.3, -0.25) is 8.80 Å². The molecule has 6 heterocycles. The van der Waals surface area contributed by atoms with E-state index in [1.165, 1.54) is 87.1 Å². The first-order chi connectivity index (χ1) is 29.3. The fraction of sp³-hybridized carbons (Fsp3) is 0. The minimum Gasteiger partial charge on any atom is -0.309 e. The summed E-state index contributed by atoms with van der Waals surface area (Å²) in [6.45, 7) is 0. The number of rotatable bonds is 2. The van der Waals surface area contributed by atoms with Crippen molar-refractivity contribution in [1.29, 1.82) is 0 Å². The molecule has 5 heteroatoms. The molecule has 59 heavy (non-hydrogen) atoms. The standard InChI is InChI=1S/C54H29N5/c1-2-15-33(16-3-1)57-43-23-10-9-20-37(43)41-28-32(25-26-45(41)57)40-27-30-13-4-6-17-34(30)46-47-35-18-7-5-14-31(35)29-42-49-54(59(51(40)46)52(42)47)55-48-39-22-12-21-38-36-19-8-11-24-44(36)58(50(38)39)53(48)56-49/h1-29H. The zero-order chi connectivity index (χ0) is 38.1. The molecule has 270 valence electrons. The van der Waals surface area contributed by atoms with Gasteiger partial charge in [-0.15, -0.1) is 0 Å². The lowest BCUT2D eigenvalue weighted by molar-refractivity contribution is 1.18. The van der Waals surface area contributed by atoms with E-state index in [-0.39, 0.29) is 0 Å². The van der Waals surface area contributed by atoms with Crippen LogP contribution in [0.5, 0.6) is 0 Å². The molecule has 0 bridgehead atoms. The third-order valence-corrected chi connectivity index (χ3v) is 13.2. The summed E-state index contributed by atoms with van der Waals surface area (Å²) in [7, 11) is 0. The molecule has 6 aromatic heterocycles. The Morgan fingerprint density at radius 3 is 1.71 bits per heavy atom. The molecule has 0 aliphatic heterocycles. The Hall–Kier alpha value is -8.02. The zero-order valence-electron chi connectivity index (χ0n) is 31.5. The summed E-state index contributed by atoms with van der Waals surface area (Å²) in [6, 6.07) is 64.3. The Bertz CT molecular complexity index is 4300. The van der Waals surface area contributed by atoms with Crippen LogP contribution in [0.1, 0.15) is 0 Å². The van der Waals surface area contributed by atoms with E-state index >= 15 is 0 Å². The fourth-order valence-electron chi connectivity index (χ4n) is 10.9. The van der Waals surface area contributed by atoms with Gasteiger partial charge in [0.15, 0.2) is 11.3 Å². The lowest BCUT2D eigenvalue weighted by Crippen LogP contribution is -1.93. The van der Waals surface area contributed by atoms with Crippen molar-refractivity contribution in [2.75, 3.05) is 0 Å². The van der Waals surface area contributed by atoms with Gasteiger partial charge in [0.25, 0.3) is 0 Å². The van der Waals surface area contributed by atoms with Gasteiger partial charge in [-0.2, -0.15) is 0 Å². The van der Waals surface area contributed by atoms with Gasteiger partial charge in [0.05, 0.1) is 33.1 Å². The summed E-state index contributed by atoms with van der Waals surface area (Å²) in [5.74, 6) is 0. The first-order valence-corrected chi connectivity index (χ1v) is 20.3. The number of benzene rings is 9. The molecule has 5 nitrogen and oxygen atoms in total. The minimum atomic E-state index is 0.888. The summed E-state index contributed by atoms with van der Waals surface area (Å²) >= 11 is 0. The third kappa shape index (κ3) is 3.59. The van der Waals surface area contributed by atoms with Crippen molar-refractivity contribution in [2.24, 2.45) is 0 Å². The van der Waals surface area contributed by atoms with E-state index in [4.69, 9.17) is 9.97 Å². The quantitative estimate of drug-likeness (QED) is 0.177. The van der Waals surface area contributed by atoms with Crippen molar-refractivity contribution >= 4 is 120 Å². The molecule has 0 saturated heterocycles. The van der Waals surface area contributed by atoms with E-state index < -0.39 is 0 Å². The van der Waals surface area contributed by atoms with E-state index in [1.807, 2.05) is 0 Å². The van der Waals surface area contributed by atoms with E-state index in [0.29, 0.717) is 0 Å². The van der Waals surface area contributed by atoms with Crippen molar-refractivity contribution in [3.05, 3.63) is 176 Å². The molecule has 0 N–H and O–H groups in total. The molecule has 0 atom stereocenters. The Balaban J connectivity index is 1.15. The average Bonchev–Trinajstić information content (AvgIpc) is 4.08. The van der Waals surface area contributed by atoms with Gasteiger partial charge >= 0.3 is 0 Å². The normalized spacial score (nSPS) is 12.7. The predicted octanol–water partition coefficient (Wildman–Crippen LogP) is 13.8. The Kier molecular flexibility index (Phi) is 5.36. The van der Waals surface area contributed by atoms with Crippen molar-refractivity contribution in [3.8, 4) is 16.8 Å². The van der Waals surface area contributed by atoms with Crippen LogP contribution >= 0.6 is 0 Å². The lowest BCUT2D eigenvalue weighted by atomic mass is 9.93. The number of aromatic nitrogens is 5. The summed E-state index contributed by atoms with van der Waals surface area (Å²) < 4.78 is 7.19. The highest BCUT2D eigenvalue weighted by Gasteiger charge is 2.28. The van der Waals surface area contributed by atoms with E-state index in [1.54, 1.807) is 0 Å². The van der Waals surface area contributed by atoms with Crippen molar-refractivity contribution in [2.45, 2.75) is 0 Å². The molecule has 0 unspecified atom stereocenters. The van der Waals surface area contributed by atoms with Crippen LogP contribution in [0.15, 0.2) is 176 Å². The van der Waals surface area contributed by atoms with Gasteiger partial charge in [-0.05, 0) is 75.6 Å². The van der Waals surface area contributed by atoms with E-state index in [0.717, 1.165) is 49.8 Å². The average molecular weight is 748 g/mol. The molecule has 0 radical (unpaired) electrons. The minimum absolute atomic E-state index is 0.888. The zero-order valence-corrected chi connectivity index (χ0v) is 31.5. The van der Waals surface area contributed by atoms with Crippen LogP contribution in [0.4, 0.5) is 0 Å². The Labute approximate surface area is 334 Å². The van der Waals surface area contributed by atoms with Crippen molar-refractivity contribution < 1.29 is 0 Å². The number of para-hydroxylation sites is 4. The molecule has 0 spiro atoms. The summed E-state index contributed by atoms with van der Waals surface area (Å²) in [5, 5.41) is 14.6. The first kappa shape index (κ1) is 30.2. The highest BCUT2D eigenvalue weighted by Crippen LogP contribution is 2.49. The Morgan fingerprint density at radius 1 is 0.339 bits per heavy atom.